The number of aliphatic hydroxyl groups is 2. The Kier molecular flexibility index (Phi) is 6.20. The molecule has 2 aromatic rings. The van der Waals surface area contributed by atoms with Crippen molar-refractivity contribution >= 4 is 17.1 Å². The van der Waals surface area contributed by atoms with Crippen LogP contribution in [0.2, 0.25) is 0 Å². The number of hydrogen-bond donors (Lipinski definition) is 3. The first kappa shape index (κ1) is 18.1. The summed E-state index contributed by atoms with van der Waals surface area (Å²) in [5.41, 5.74) is 0.646. The molecule has 3 rings (SSSR count). The molecule has 0 amide bonds. The third-order valence-electron chi connectivity index (χ3n) is 4.48. The van der Waals surface area contributed by atoms with Gasteiger partial charge < -0.3 is 20.3 Å². The van der Waals surface area contributed by atoms with Gasteiger partial charge in [-0.05, 0) is 31.0 Å². The highest BCUT2D eigenvalue weighted by molar-refractivity contribution is 7.10. The fraction of sp³-hybridized carbons (Fsp3) is 0.421. The largest absolute Gasteiger partial charge is 0.488 e. The Labute approximate surface area is 151 Å². The van der Waals surface area contributed by atoms with E-state index >= 15 is 0 Å². The quantitative estimate of drug-likeness (QED) is 0.629. The fourth-order valence-electron chi connectivity index (χ4n) is 3.09. The van der Waals surface area contributed by atoms with Gasteiger partial charge in [0.1, 0.15) is 18.0 Å². The standard InChI is InChI=1S/C19H23NO4S/c21-11-15-10-13(12-25-15)17(22)8-9-20-16-6-7-18(19(16)23)24-14-4-2-1-3-5-14/h1-5,10,12,16,18-21,23H,6-9,11H2. The Hall–Kier alpha value is -1.73. The van der Waals surface area contributed by atoms with Gasteiger partial charge >= 0.3 is 0 Å². The second-order valence-corrected chi connectivity index (χ2v) is 7.23. The number of nitrogens with one attached hydrogen (secondary N) is 1. The number of aliphatic hydroxyl groups excluding tert-OH is 2. The van der Waals surface area contributed by atoms with Crippen molar-refractivity contribution in [1.82, 2.24) is 5.32 Å². The Morgan fingerprint density at radius 1 is 1.28 bits per heavy atom. The molecular weight excluding hydrogens is 338 g/mol. The summed E-state index contributed by atoms with van der Waals surface area (Å²) in [4.78, 5) is 12.9. The molecular formula is C19H23NO4S. The van der Waals surface area contributed by atoms with E-state index in [4.69, 9.17) is 9.84 Å². The minimum Gasteiger partial charge on any atom is -0.488 e. The first-order valence-corrected chi connectivity index (χ1v) is 9.40. The number of ketones is 1. The normalized spacial score (nSPS) is 22.9. The molecule has 1 aliphatic rings. The molecule has 3 unspecified atom stereocenters. The highest BCUT2D eigenvalue weighted by atomic mass is 32.1. The average Bonchev–Trinajstić information content (AvgIpc) is 3.24. The van der Waals surface area contributed by atoms with Crippen LogP contribution in [0.5, 0.6) is 5.75 Å². The molecule has 1 aromatic heterocycles. The van der Waals surface area contributed by atoms with Crippen molar-refractivity contribution in [2.24, 2.45) is 0 Å². The number of hydrogen-bond acceptors (Lipinski definition) is 6. The van der Waals surface area contributed by atoms with Crippen molar-refractivity contribution in [1.29, 1.82) is 0 Å². The number of carbonyl (C=O) groups excluding carboxylic acids is 1. The molecule has 1 aliphatic carbocycles. The molecule has 1 heterocycles. The molecule has 1 aromatic carbocycles. The van der Waals surface area contributed by atoms with Crippen LogP contribution in [-0.2, 0) is 6.61 Å². The van der Waals surface area contributed by atoms with E-state index < -0.39 is 6.10 Å². The Bertz CT molecular complexity index is 688. The minimum atomic E-state index is -0.586. The molecule has 25 heavy (non-hydrogen) atoms. The predicted molar refractivity (Wildman–Crippen MR) is 97.1 cm³/mol. The van der Waals surface area contributed by atoms with Gasteiger partial charge in [-0.3, -0.25) is 4.79 Å². The molecule has 6 heteroatoms. The van der Waals surface area contributed by atoms with E-state index in [2.05, 4.69) is 5.32 Å². The molecule has 0 aliphatic heterocycles. The lowest BCUT2D eigenvalue weighted by Crippen LogP contribution is -2.42. The highest BCUT2D eigenvalue weighted by Gasteiger charge is 2.36. The van der Waals surface area contributed by atoms with E-state index in [1.54, 1.807) is 11.4 Å². The van der Waals surface area contributed by atoms with Gasteiger partial charge in [-0.15, -0.1) is 11.3 Å². The summed E-state index contributed by atoms with van der Waals surface area (Å²) in [5, 5.41) is 24.5. The van der Waals surface area contributed by atoms with Crippen LogP contribution in [0.25, 0.3) is 0 Å². The van der Waals surface area contributed by atoms with Crippen LogP contribution in [0.4, 0.5) is 0 Å². The van der Waals surface area contributed by atoms with Crippen molar-refractivity contribution in [2.75, 3.05) is 6.54 Å². The summed E-state index contributed by atoms with van der Waals surface area (Å²) in [5.74, 6) is 0.813. The van der Waals surface area contributed by atoms with Crippen LogP contribution < -0.4 is 10.1 Å². The number of rotatable bonds is 8. The molecule has 0 bridgehead atoms. The molecule has 5 nitrogen and oxygen atoms in total. The van der Waals surface area contributed by atoms with Gasteiger partial charge in [0.2, 0.25) is 0 Å². The summed E-state index contributed by atoms with van der Waals surface area (Å²) < 4.78 is 5.85. The van der Waals surface area contributed by atoms with Crippen molar-refractivity contribution in [3.05, 3.63) is 52.2 Å². The maximum Gasteiger partial charge on any atom is 0.164 e. The lowest BCUT2D eigenvalue weighted by Gasteiger charge is -2.21. The monoisotopic (exact) mass is 361 g/mol. The van der Waals surface area contributed by atoms with Crippen LogP contribution >= 0.6 is 11.3 Å². The van der Waals surface area contributed by atoms with Crippen molar-refractivity contribution in [3.63, 3.8) is 0 Å². The highest BCUT2D eigenvalue weighted by Crippen LogP contribution is 2.25. The van der Waals surface area contributed by atoms with Gasteiger partial charge in [0, 0.05) is 34.8 Å². The van der Waals surface area contributed by atoms with E-state index in [1.165, 1.54) is 11.3 Å². The first-order chi connectivity index (χ1) is 12.2. The van der Waals surface area contributed by atoms with Crippen molar-refractivity contribution in [3.8, 4) is 5.75 Å². The molecule has 1 saturated carbocycles. The molecule has 0 saturated heterocycles. The number of thiophene rings is 1. The van der Waals surface area contributed by atoms with E-state index in [0.29, 0.717) is 18.5 Å². The molecule has 0 radical (unpaired) electrons. The van der Waals surface area contributed by atoms with E-state index in [0.717, 1.165) is 23.5 Å². The third-order valence-corrected chi connectivity index (χ3v) is 5.40. The Morgan fingerprint density at radius 2 is 2.08 bits per heavy atom. The second kappa shape index (κ2) is 8.58. The topological polar surface area (TPSA) is 78.8 Å². The molecule has 1 fully saturated rings. The lowest BCUT2D eigenvalue weighted by atomic mass is 10.1. The van der Waals surface area contributed by atoms with Crippen LogP contribution in [0, 0.1) is 0 Å². The fourth-order valence-corrected chi connectivity index (χ4v) is 3.84. The van der Waals surface area contributed by atoms with Gasteiger partial charge in [0.15, 0.2) is 5.78 Å². The van der Waals surface area contributed by atoms with Crippen molar-refractivity contribution < 1.29 is 19.7 Å². The smallest absolute Gasteiger partial charge is 0.164 e. The predicted octanol–water partition coefficient (Wildman–Crippen LogP) is 2.37. The van der Waals surface area contributed by atoms with Crippen LogP contribution in [0.1, 0.15) is 34.5 Å². The molecule has 3 N–H and O–H groups in total. The van der Waals surface area contributed by atoms with Crippen molar-refractivity contribution in [2.45, 2.75) is 44.1 Å². The lowest BCUT2D eigenvalue weighted by molar-refractivity contribution is 0.0452. The van der Waals surface area contributed by atoms with E-state index in [1.807, 2.05) is 30.3 Å². The number of benzene rings is 1. The maximum absolute atomic E-state index is 12.1. The van der Waals surface area contributed by atoms with Gasteiger partial charge in [0.25, 0.3) is 0 Å². The van der Waals surface area contributed by atoms with Crippen LogP contribution in [0.15, 0.2) is 41.8 Å². The Morgan fingerprint density at radius 3 is 2.80 bits per heavy atom. The molecule has 134 valence electrons. The zero-order chi connectivity index (χ0) is 17.6. The summed E-state index contributed by atoms with van der Waals surface area (Å²) in [6.45, 7) is 0.482. The first-order valence-electron chi connectivity index (χ1n) is 8.52. The van der Waals surface area contributed by atoms with Gasteiger partial charge in [-0.2, -0.15) is 0 Å². The summed E-state index contributed by atoms with van der Waals surface area (Å²) >= 11 is 1.39. The summed E-state index contributed by atoms with van der Waals surface area (Å²) in [7, 11) is 0. The van der Waals surface area contributed by atoms with E-state index in [-0.39, 0.29) is 24.5 Å². The third kappa shape index (κ3) is 4.67. The number of para-hydroxylation sites is 1. The molecule has 0 spiro atoms. The SMILES string of the molecule is O=C(CCNC1CCC(Oc2ccccc2)C1O)c1csc(CO)c1. The van der Waals surface area contributed by atoms with Crippen LogP contribution in [-0.4, -0.2) is 40.8 Å². The minimum absolute atomic E-state index is 0.0345. The second-order valence-electron chi connectivity index (χ2n) is 6.23. The van der Waals surface area contributed by atoms with Gasteiger partial charge in [-0.25, -0.2) is 0 Å². The summed E-state index contributed by atoms with van der Waals surface area (Å²) in [6.07, 6.45) is 1.16. The Balaban J connectivity index is 1.43. The number of Topliss-reactive ketones (excluding diaryl/α,β-unsaturated/α-hetero) is 1. The average molecular weight is 361 g/mol. The number of carbonyl (C=O) groups is 1. The maximum atomic E-state index is 12.1. The van der Waals surface area contributed by atoms with Gasteiger partial charge in [0.05, 0.1) is 6.61 Å². The zero-order valence-corrected chi connectivity index (χ0v) is 14.7. The zero-order valence-electron chi connectivity index (χ0n) is 13.9. The van der Waals surface area contributed by atoms with Gasteiger partial charge in [-0.1, -0.05) is 18.2 Å². The number of ether oxygens (including phenoxy) is 1. The van der Waals surface area contributed by atoms with Crippen LogP contribution in [0.3, 0.4) is 0 Å². The van der Waals surface area contributed by atoms with E-state index in [9.17, 15) is 9.90 Å². The summed E-state index contributed by atoms with van der Waals surface area (Å²) in [6, 6.07) is 11.2. The molecule has 3 atom stereocenters.